The average molecular weight is 372 g/mol. The lowest BCUT2D eigenvalue weighted by molar-refractivity contribution is -0.130. The van der Waals surface area contributed by atoms with Crippen LogP contribution in [0.25, 0.3) is 0 Å². The molecular weight excluding hydrogens is 348 g/mol. The molecule has 0 saturated carbocycles. The summed E-state index contributed by atoms with van der Waals surface area (Å²) in [7, 11) is 4.67. The van der Waals surface area contributed by atoms with Gasteiger partial charge in [0.1, 0.15) is 6.54 Å². The van der Waals surface area contributed by atoms with Crippen molar-refractivity contribution < 1.29 is 19.0 Å². The number of nitrogens with zero attached hydrogens (tertiary/aromatic N) is 2. The topological polar surface area (TPSA) is 70.0 Å². The summed E-state index contributed by atoms with van der Waals surface area (Å²) in [5, 5.41) is 0. The molecule has 0 unspecified atom stereocenters. The molecule has 1 amide bonds. The van der Waals surface area contributed by atoms with Crippen molar-refractivity contribution in [2.75, 3.05) is 34.4 Å². The lowest BCUT2D eigenvalue weighted by Gasteiger charge is -2.19. The van der Waals surface area contributed by atoms with E-state index < -0.39 is 0 Å². The Morgan fingerprint density at radius 2 is 1.81 bits per heavy atom. The molecule has 1 saturated heterocycles. The van der Waals surface area contributed by atoms with Crippen LogP contribution >= 0.6 is 0 Å². The Labute approximate surface area is 158 Å². The molecule has 0 N–H and O–H groups in total. The number of benzene rings is 1. The number of pyridine rings is 1. The molecule has 1 aromatic heterocycles. The summed E-state index contributed by atoms with van der Waals surface area (Å²) in [6.07, 6.45) is 2.43. The van der Waals surface area contributed by atoms with E-state index in [-0.39, 0.29) is 29.7 Å². The largest absolute Gasteiger partial charge is 0.493 e. The van der Waals surface area contributed by atoms with Crippen molar-refractivity contribution in [1.29, 1.82) is 0 Å². The molecule has 0 spiro atoms. The van der Waals surface area contributed by atoms with Gasteiger partial charge in [-0.15, -0.1) is 0 Å². The number of para-hydroxylation sites is 1. The monoisotopic (exact) mass is 372 g/mol. The van der Waals surface area contributed by atoms with Crippen molar-refractivity contribution in [1.82, 2.24) is 9.47 Å². The van der Waals surface area contributed by atoms with Gasteiger partial charge in [0.05, 0.1) is 21.3 Å². The molecule has 0 bridgehead atoms. The number of amides is 1. The molecule has 2 heterocycles. The number of hydrogen-bond donors (Lipinski definition) is 0. The zero-order chi connectivity index (χ0) is 19.4. The van der Waals surface area contributed by atoms with E-state index in [4.69, 9.17) is 14.2 Å². The van der Waals surface area contributed by atoms with Gasteiger partial charge in [0.15, 0.2) is 17.2 Å². The van der Waals surface area contributed by atoms with Gasteiger partial charge in [-0.1, -0.05) is 12.1 Å². The van der Waals surface area contributed by atoms with Crippen LogP contribution in [0.3, 0.4) is 0 Å². The highest BCUT2D eigenvalue weighted by atomic mass is 16.5. The highest BCUT2D eigenvalue weighted by molar-refractivity contribution is 5.76. The molecule has 1 aliphatic heterocycles. The maximum absolute atomic E-state index is 12.7. The fourth-order valence-electron chi connectivity index (χ4n) is 3.51. The van der Waals surface area contributed by atoms with Crippen LogP contribution in [0.15, 0.2) is 41.3 Å². The van der Waals surface area contributed by atoms with E-state index >= 15 is 0 Å². The fraction of sp³-hybridized carbons (Fsp3) is 0.400. The Kier molecular flexibility index (Phi) is 5.69. The number of likely N-dealkylation sites (tertiary alicyclic amines) is 1. The van der Waals surface area contributed by atoms with E-state index in [1.807, 2.05) is 18.2 Å². The summed E-state index contributed by atoms with van der Waals surface area (Å²) in [6, 6.07) is 9.07. The first-order chi connectivity index (χ1) is 13.1. The molecule has 1 fully saturated rings. The number of aromatic nitrogens is 1. The molecule has 2 aromatic rings. The van der Waals surface area contributed by atoms with Crippen LogP contribution < -0.4 is 19.8 Å². The maximum Gasteiger partial charge on any atom is 0.293 e. The summed E-state index contributed by atoms with van der Waals surface area (Å²) in [5.41, 5.74) is 0.726. The number of carbonyl (C=O) groups excluding carboxylic acids is 1. The first kappa shape index (κ1) is 18.8. The van der Waals surface area contributed by atoms with Gasteiger partial charge in [-0.05, 0) is 24.6 Å². The van der Waals surface area contributed by atoms with Crippen molar-refractivity contribution >= 4 is 5.91 Å². The number of ether oxygens (including phenoxy) is 3. The highest BCUT2D eigenvalue weighted by Gasteiger charge is 2.30. The van der Waals surface area contributed by atoms with Gasteiger partial charge >= 0.3 is 0 Å². The Bertz CT molecular complexity index is 877. The van der Waals surface area contributed by atoms with E-state index in [9.17, 15) is 9.59 Å². The van der Waals surface area contributed by atoms with Gasteiger partial charge in [0, 0.05) is 30.8 Å². The third-order valence-electron chi connectivity index (χ3n) is 4.92. The second-order valence-corrected chi connectivity index (χ2v) is 6.42. The Morgan fingerprint density at radius 1 is 1.07 bits per heavy atom. The predicted molar refractivity (Wildman–Crippen MR) is 101 cm³/mol. The molecule has 144 valence electrons. The summed E-state index contributed by atoms with van der Waals surface area (Å²) in [5.74, 6) is 1.70. The molecule has 0 aliphatic carbocycles. The quantitative estimate of drug-likeness (QED) is 0.775. The molecule has 7 heteroatoms. The van der Waals surface area contributed by atoms with Crippen LogP contribution in [0.5, 0.6) is 17.2 Å². The van der Waals surface area contributed by atoms with Crippen LogP contribution in [0, 0.1) is 0 Å². The van der Waals surface area contributed by atoms with Crippen LogP contribution in [0.2, 0.25) is 0 Å². The average Bonchev–Trinajstić information content (AvgIpc) is 3.19. The van der Waals surface area contributed by atoms with Crippen LogP contribution in [0.4, 0.5) is 0 Å². The molecule has 7 nitrogen and oxygen atoms in total. The van der Waals surface area contributed by atoms with Gasteiger partial charge in [-0.25, -0.2) is 0 Å². The number of hydrogen-bond acceptors (Lipinski definition) is 5. The van der Waals surface area contributed by atoms with Crippen LogP contribution in [-0.4, -0.2) is 49.8 Å². The zero-order valence-electron chi connectivity index (χ0n) is 15.8. The molecule has 3 rings (SSSR count). The second kappa shape index (κ2) is 8.16. The maximum atomic E-state index is 12.7. The van der Waals surface area contributed by atoms with E-state index in [2.05, 4.69) is 0 Å². The standard InChI is InChI=1S/C20H24N2O5/c1-25-16-7-4-6-15(19(16)27-3)14-9-11-21(12-14)18(23)13-22-10-5-8-17(26-2)20(22)24/h4-8,10,14H,9,11-13H2,1-3H3/t14-/m1/s1. The first-order valence-electron chi connectivity index (χ1n) is 8.81. The zero-order valence-corrected chi connectivity index (χ0v) is 15.8. The van der Waals surface area contributed by atoms with Crippen LogP contribution in [0.1, 0.15) is 17.9 Å². The van der Waals surface area contributed by atoms with Crippen molar-refractivity contribution in [3.63, 3.8) is 0 Å². The van der Waals surface area contributed by atoms with Crippen molar-refractivity contribution in [3.8, 4) is 17.2 Å². The SMILES string of the molecule is COc1cccc([C@@H]2CCN(C(=O)Cn3cccc(OC)c3=O)C2)c1OC. The van der Waals surface area contributed by atoms with Gasteiger partial charge in [0.25, 0.3) is 5.56 Å². The first-order valence-corrected chi connectivity index (χ1v) is 8.81. The molecule has 27 heavy (non-hydrogen) atoms. The molecule has 1 aromatic carbocycles. The van der Waals surface area contributed by atoms with Crippen LogP contribution in [-0.2, 0) is 11.3 Å². The van der Waals surface area contributed by atoms with Gasteiger partial charge < -0.3 is 23.7 Å². The number of methoxy groups -OCH3 is 3. The minimum absolute atomic E-state index is 0.00199. The lowest BCUT2D eigenvalue weighted by Crippen LogP contribution is -2.35. The van der Waals surface area contributed by atoms with Gasteiger partial charge in [-0.2, -0.15) is 0 Å². The number of rotatable bonds is 6. The van der Waals surface area contributed by atoms with Crippen molar-refractivity contribution in [2.24, 2.45) is 0 Å². The summed E-state index contributed by atoms with van der Waals surface area (Å²) in [6.45, 7) is 1.22. The minimum Gasteiger partial charge on any atom is -0.493 e. The second-order valence-electron chi connectivity index (χ2n) is 6.42. The minimum atomic E-state index is -0.307. The Morgan fingerprint density at radius 3 is 2.52 bits per heavy atom. The number of carbonyl (C=O) groups is 1. The van der Waals surface area contributed by atoms with E-state index in [1.165, 1.54) is 11.7 Å². The highest BCUT2D eigenvalue weighted by Crippen LogP contribution is 2.39. The van der Waals surface area contributed by atoms with E-state index in [1.54, 1.807) is 37.4 Å². The lowest BCUT2D eigenvalue weighted by atomic mass is 9.97. The van der Waals surface area contributed by atoms with Crippen molar-refractivity contribution in [2.45, 2.75) is 18.9 Å². The smallest absolute Gasteiger partial charge is 0.293 e. The summed E-state index contributed by atoms with van der Waals surface area (Å²) >= 11 is 0. The Balaban J connectivity index is 1.73. The third kappa shape index (κ3) is 3.77. The van der Waals surface area contributed by atoms with Crippen molar-refractivity contribution in [3.05, 3.63) is 52.4 Å². The van der Waals surface area contributed by atoms with E-state index in [0.29, 0.717) is 24.6 Å². The molecule has 1 aliphatic rings. The summed E-state index contributed by atoms with van der Waals surface area (Å²) < 4.78 is 17.3. The molecule has 1 atom stereocenters. The van der Waals surface area contributed by atoms with E-state index in [0.717, 1.165) is 12.0 Å². The molecule has 0 radical (unpaired) electrons. The Hall–Kier alpha value is -2.96. The predicted octanol–water partition coefficient (Wildman–Crippen LogP) is 1.89. The van der Waals surface area contributed by atoms with Gasteiger partial charge in [0.2, 0.25) is 5.91 Å². The normalized spacial score (nSPS) is 16.3. The third-order valence-corrected chi connectivity index (χ3v) is 4.92. The summed E-state index contributed by atoms with van der Waals surface area (Å²) in [4.78, 5) is 26.7. The fourth-order valence-corrected chi connectivity index (χ4v) is 3.51. The van der Waals surface area contributed by atoms with Gasteiger partial charge in [-0.3, -0.25) is 9.59 Å². The molecular formula is C20H24N2O5.